The van der Waals surface area contributed by atoms with Crippen molar-refractivity contribution in [1.29, 1.82) is 0 Å². The van der Waals surface area contributed by atoms with Crippen LogP contribution in [0.3, 0.4) is 0 Å². The number of aromatic carboxylic acids is 1. The molecule has 2 aromatic carbocycles. The molecule has 24 heavy (non-hydrogen) atoms. The molecule has 1 heterocycles. The number of carboxylic acids is 1. The summed E-state index contributed by atoms with van der Waals surface area (Å²) in [4.78, 5) is 36.4. The second kappa shape index (κ2) is 6.11. The summed E-state index contributed by atoms with van der Waals surface area (Å²) in [6, 6.07) is 10.4. The van der Waals surface area contributed by atoms with E-state index in [0.717, 1.165) is 4.90 Å². The van der Waals surface area contributed by atoms with Crippen LogP contribution in [-0.4, -0.2) is 28.9 Å². The first-order valence-corrected chi connectivity index (χ1v) is 7.18. The van der Waals surface area contributed by atoms with Gasteiger partial charge in [0.2, 0.25) is 5.91 Å². The van der Waals surface area contributed by atoms with E-state index in [4.69, 9.17) is 5.11 Å². The SMILES string of the molecule is O=C(O)c1ccc(N2C(=O)CC(Nc3ccccc3F)C2=O)cc1. The van der Waals surface area contributed by atoms with Crippen LogP contribution in [0.1, 0.15) is 16.8 Å². The van der Waals surface area contributed by atoms with E-state index < -0.39 is 29.6 Å². The number of hydrogen-bond donors (Lipinski definition) is 2. The summed E-state index contributed by atoms with van der Waals surface area (Å²) in [6.45, 7) is 0. The van der Waals surface area contributed by atoms with Crippen molar-refractivity contribution >= 4 is 29.2 Å². The standard InChI is InChI=1S/C17H13FN2O4/c18-12-3-1-2-4-13(12)19-14-9-15(21)20(16(14)22)11-7-5-10(6-8-11)17(23)24/h1-8,14,19H,9H2,(H,23,24). The topological polar surface area (TPSA) is 86.7 Å². The molecule has 1 saturated heterocycles. The van der Waals surface area contributed by atoms with E-state index in [2.05, 4.69) is 5.32 Å². The van der Waals surface area contributed by atoms with E-state index in [-0.39, 0.29) is 23.4 Å². The van der Waals surface area contributed by atoms with Gasteiger partial charge in [-0.25, -0.2) is 14.1 Å². The zero-order chi connectivity index (χ0) is 17.3. The number of anilines is 2. The Bertz CT molecular complexity index is 820. The molecule has 0 saturated carbocycles. The lowest BCUT2D eigenvalue weighted by molar-refractivity contribution is -0.121. The molecule has 7 heteroatoms. The van der Waals surface area contributed by atoms with E-state index in [1.807, 2.05) is 0 Å². The molecule has 1 atom stereocenters. The van der Waals surface area contributed by atoms with Crippen LogP contribution in [0.25, 0.3) is 0 Å². The van der Waals surface area contributed by atoms with Crippen molar-refractivity contribution in [3.63, 3.8) is 0 Å². The van der Waals surface area contributed by atoms with Gasteiger partial charge in [-0.15, -0.1) is 0 Å². The van der Waals surface area contributed by atoms with Crippen LogP contribution in [0.15, 0.2) is 48.5 Å². The van der Waals surface area contributed by atoms with Gasteiger partial charge in [0.15, 0.2) is 0 Å². The summed E-state index contributed by atoms with van der Waals surface area (Å²) in [6.07, 6.45) is -0.103. The second-order valence-electron chi connectivity index (χ2n) is 5.30. The molecule has 2 amide bonds. The number of rotatable bonds is 4. The Morgan fingerprint density at radius 3 is 2.42 bits per heavy atom. The number of nitrogens with zero attached hydrogens (tertiary/aromatic N) is 1. The number of carboxylic acid groups (broad SMARTS) is 1. The summed E-state index contributed by atoms with van der Waals surface area (Å²) in [5, 5.41) is 11.6. The number of halogens is 1. The molecular weight excluding hydrogens is 315 g/mol. The number of para-hydroxylation sites is 1. The fraction of sp³-hybridized carbons (Fsp3) is 0.118. The van der Waals surface area contributed by atoms with Crippen LogP contribution in [0.2, 0.25) is 0 Å². The van der Waals surface area contributed by atoms with Crippen LogP contribution < -0.4 is 10.2 Å². The third-order valence-electron chi connectivity index (χ3n) is 3.72. The van der Waals surface area contributed by atoms with Crippen molar-refractivity contribution in [1.82, 2.24) is 0 Å². The molecule has 1 aliphatic rings. The van der Waals surface area contributed by atoms with Gasteiger partial charge < -0.3 is 10.4 Å². The van der Waals surface area contributed by atoms with Crippen LogP contribution >= 0.6 is 0 Å². The Morgan fingerprint density at radius 2 is 1.79 bits per heavy atom. The number of benzene rings is 2. The monoisotopic (exact) mass is 328 g/mol. The highest BCUT2D eigenvalue weighted by Crippen LogP contribution is 2.26. The summed E-state index contributed by atoms with van der Waals surface area (Å²) in [7, 11) is 0. The number of carbonyl (C=O) groups is 3. The molecule has 6 nitrogen and oxygen atoms in total. The van der Waals surface area contributed by atoms with Crippen molar-refractivity contribution in [2.24, 2.45) is 0 Å². The first-order chi connectivity index (χ1) is 11.5. The molecule has 1 fully saturated rings. The van der Waals surface area contributed by atoms with E-state index in [0.29, 0.717) is 0 Å². The van der Waals surface area contributed by atoms with E-state index >= 15 is 0 Å². The Kier molecular flexibility index (Phi) is 3.99. The number of hydrogen-bond acceptors (Lipinski definition) is 4. The average molecular weight is 328 g/mol. The lowest BCUT2D eigenvalue weighted by Gasteiger charge is -2.16. The molecule has 0 aliphatic carbocycles. The summed E-state index contributed by atoms with van der Waals surface area (Å²) < 4.78 is 13.7. The fourth-order valence-corrected chi connectivity index (χ4v) is 2.54. The van der Waals surface area contributed by atoms with Crippen molar-refractivity contribution < 1.29 is 23.9 Å². The quantitative estimate of drug-likeness (QED) is 0.841. The van der Waals surface area contributed by atoms with Crippen molar-refractivity contribution in [2.45, 2.75) is 12.5 Å². The maximum atomic E-state index is 13.7. The van der Waals surface area contributed by atoms with Gasteiger partial charge in [-0.05, 0) is 36.4 Å². The Hall–Kier alpha value is -3.22. The zero-order valence-electron chi connectivity index (χ0n) is 12.4. The van der Waals surface area contributed by atoms with Gasteiger partial charge in [-0.1, -0.05) is 12.1 Å². The molecular formula is C17H13FN2O4. The van der Waals surface area contributed by atoms with Gasteiger partial charge >= 0.3 is 5.97 Å². The van der Waals surface area contributed by atoms with Gasteiger partial charge in [0, 0.05) is 0 Å². The molecule has 1 unspecified atom stereocenters. The Balaban J connectivity index is 1.81. The summed E-state index contributed by atoms with van der Waals surface area (Å²) >= 11 is 0. The smallest absolute Gasteiger partial charge is 0.335 e. The lowest BCUT2D eigenvalue weighted by atomic mass is 10.2. The highest BCUT2D eigenvalue weighted by Gasteiger charge is 2.39. The Morgan fingerprint density at radius 1 is 1.12 bits per heavy atom. The van der Waals surface area contributed by atoms with Crippen molar-refractivity contribution in [2.75, 3.05) is 10.2 Å². The van der Waals surface area contributed by atoms with Gasteiger partial charge in [-0.3, -0.25) is 9.59 Å². The normalized spacial score (nSPS) is 17.2. The predicted molar refractivity (Wildman–Crippen MR) is 84.3 cm³/mol. The van der Waals surface area contributed by atoms with Crippen LogP contribution in [-0.2, 0) is 9.59 Å². The molecule has 0 bridgehead atoms. The first kappa shape index (κ1) is 15.7. The molecule has 3 rings (SSSR count). The minimum absolute atomic E-state index is 0.0545. The molecule has 122 valence electrons. The summed E-state index contributed by atoms with van der Waals surface area (Å²) in [5.74, 6) is -2.55. The third-order valence-corrected chi connectivity index (χ3v) is 3.72. The average Bonchev–Trinajstić information content (AvgIpc) is 2.84. The second-order valence-corrected chi connectivity index (χ2v) is 5.30. The predicted octanol–water partition coefficient (Wildman–Crippen LogP) is 2.27. The maximum Gasteiger partial charge on any atom is 0.335 e. The van der Waals surface area contributed by atoms with E-state index in [1.165, 1.54) is 42.5 Å². The number of carbonyl (C=O) groups excluding carboxylic acids is 2. The molecule has 2 aromatic rings. The van der Waals surface area contributed by atoms with Crippen LogP contribution in [0.4, 0.5) is 15.8 Å². The zero-order valence-corrected chi connectivity index (χ0v) is 12.4. The summed E-state index contributed by atoms with van der Waals surface area (Å²) in [5.41, 5.74) is 0.485. The molecule has 2 N–H and O–H groups in total. The largest absolute Gasteiger partial charge is 0.478 e. The van der Waals surface area contributed by atoms with Crippen molar-refractivity contribution in [3.8, 4) is 0 Å². The van der Waals surface area contributed by atoms with Gasteiger partial charge in [0.1, 0.15) is 11.9 Å². The molecule has 0 aromatic heterocycles. The molecule has 0 spiro atoms. The fourth-order valence-electron chi connectivity index (χ4n) is 2.54. The van der Waals surface area contributed by atoms with Gasteiger partial charge in [0.05, 0.1) is 23.4 Å². The first-order valence-electron chi connectivity index (χ1n) is 7.18. The maximum absolute atomic E-state index is 13.7. The van der Waals surface area contributed by atoms with Crippen LogP contribution in [0.5, 0.6) is 0 Å². The molecule has 0 radical (unpaired) electrons. The number of imide groups is 1. The lowest BCUT2D eigenvalue weighted by Crippen LogP contribution is -2.35. The Labute approximate surface area is 136 Å². The minimum atomic E-state index is -1.10. The molecule has 1 aliphatic heterocycles. The van der Waals surface area contributed by atoms with Gasteiger partial charge in [-0.2, -0.15) is 0 Å². The minimum Gasteiger partial charge on any atom is -0.478 e. The number of amides is 2. The highest BCUT2D eigenvalue weighted by molar-refractivity contribution is 6.23. The third kappa shape index (κ3) is 2.83. The van der Waals surface area contributed by atoms with E-state index in [9.17, 15) is 18.8 Å². The van der Waals surface area contributed by atoms with Gasteiger partial charge in [0.25, 0.3) is 5.91 Å². The highest BCUT2D eigenvalue weighted by atomic mass is 19.1. The number of nitrogens with one attached hydrogen (secondary N) is 1. The van der Waals surface area contributed by atoms with Crippen LogP contribution in [0, 0.1) is 5.82 Å². The van der Waals surface area contributed by atoms with Crippen molar-refractivity contribution in [3.05, 3.63) is 59.9 Å². The van der Waals surface area contributed by atoms with E-state index in [1.54, 1.807) is 6.07 Å².